The monoisotopic (exact) mass is 288 g/mol. The Morgan fingerprint density at radius 1 is 1.29 bits per heavy atom. The Labute approximate surface area is 124 Å². The zero-order chi connectivity index (χ0) is 14.8. The number of hydrogen-bond donors (Lipinski definition) is 1. The van der Waals surface area contributed by atoms with Crippen LogP contribution in [-0.4, -0.2) is 36.0 Å². The highest BCUT2D eigenvalue weighted by molar-refractivity contribution is 5.91. The average Bonchev–Trinajstić information content (AvgIpc) is 2.69. The second kappa shape index (κ2) is 5.98. The topological polar surface area (TPSA) is 32.3 Å². The number of rotatable bonds is 3. The van der Waals surface area contributed by atoms with Gasteiger partial charge in [0.05, 0.1) is 0 Å². The molecule has 2 aliphatic heterocycles. The summed E-state index contributed by atoms with van der Waals surface area (Å²) < 4.78 is 13.5. The summed E-state index contributed by atoms with van der Waals surface area (Å²) in [6.07, 6.45) is 7.47. The number of nitrogens with one attached hydrogen (secondary N) is 1. The summed E-state index contributed by atoms with van der Waals surface area (Å²) in [5, 5.41) is 3.06. The van der Waals surface area contributed by atoms with Gasteiger partial charge >= 0.3 is 0 Å². The molecule has 2 heterocycles. The first-order valence-corrected chi connectivity index (χ1v) is 7.58. The van der Waals surface area contributed by atoms with Gasteiger partial charge in [0, 0.05) is 29.8 Å². The quantitative estimate of drug-likeness (QED) is 0.867. The van der Waals surface area contributed by atoms with Crippen LogP contribution in [-0.2, 0) is 4.79 Å². The van der Waals surface area contributed by atoms with Gasteiger partial charge in [0.1, 0.15) is 5.82 Å². The smallest absolute Gasteiger partial charge is 0.244 e. The van der Waals surface area contributed by atoms with Gasteiger partial charge in [-0.25, -0.2) is 4.39 Å². The second-order valence-electron chi connectivity index (χ2n) is 6.08. The van der Waals surface area contributed by atoms with E-state index in [1.807, 2.05) is 0 Å². The van der Waals surface area contributed by atoms with E-state index in [0.717, 1.165) is 12.8 Å². The molecular formula is C17H21FN2O. The normalized spacial score (nSPS) is 29.0. The van der Waals surface area contributed by atoms with E-state index in [2.05, 4.69) is 17.3 Å². The van der Waals surface area contributed by atoms with Crippen LogP contribution in [0, 0.1) is 5.82 Å². The third-order valence-electron chi connectivity index (χ3n) is 4.76. The van der Waals surface area contributed by atoms with Crippen LogP contribution in [0.5, 0.6) is 0 Å². The van der Waals surface area contributed by atoms with Crippen LogP contribution in [0.2, 0.25) is 0 Å². The van der Waals surface area contributed by atoms with Gasteiger partial charge in [-0.15, -0.1) is 0 Å². The van der Waals surface area contributed by atoms with Crippen molar-refractivity contribution in [3.05, 3.63) is 41.7 Å². The predicted molar refractivity (Wildman–Crippen MR) is 81.2 cm³/mol. The Balaban J connectivity index is 1.57. The van der Waals surface area contributed by atoms with Crippen molar-refractivity contribution in [1.82, 2.24) is 10.2 Å². The first-order chi connectivity index (χ1) is 10.1. The van der Waals surface area contributed by atoms with Crippen LogP contribution in [0.1, 0.15) is 31.2 Å². The molecule has 2 fully saturated rings. The van der Waals surface area contributed by atoms with E-state index in [9.17, 15) is 9.18 Å². The van der Waals surface area contributed by atoms with Gasteiger partial charge in [-0.1, -0.05) is 18.2 Å². The fourth-order valence-electron chi connectivity index (χ4n) is 3.55. The van der Waals surface area contributed by atoms with Gasteiger partial charge < -0.3 is 10.2 Å². The zero-order valence-corrected chi connectivity index (χ0v) is 12.3. The van der Waals surface area contributed by atoms with Crippen LogP contribution in [0.4, 0.5) is 4.39 Å². The predicted octanol–water partition coefficient (Wildman–Crippen LogP) is 2.58. The number of amides is 1. The van der Waals surface area contributed by atoms with E-state index >= 15 is 0 Å². The Morgan fingerprint density at radius 2 is 1.95 bits per heavy atom. The molecule has 2 unspecified atom stereocenters. The van der Waals surface area contributed by atoms with E-state index in [1.54, 1.807) is 18.2 Å². The van der Waals surface area contributed by atoms with Crippen LogP contribution >= 0.6 is 0 Å². The van der Waals surface area contributed by atoms with E-state index in [0.29, 0.717) is 17.6 Å². The SMILES string of the molecule is CN1C2CCC1CC(NC(=O)/C=C/c1ccccc1F)C2. The lowest BCUT2D eigenvalue weighted by molar-refractivity contribution is -0.117. The largest absolute Gasteiger partial charge is 0.350 e. The van der Waals surface area contributed by atoms with Crippen molar-refractivity contribution < 1.29 is 9.18 Å². The number of benzene rings is 1. The van der Waals surface area contributed by atoms with E-state index in [4.69, 9.17) is 0 Å². The molecule has 0 spiro atoms. The van der Waals surface area contributed by atoms with Crippen LogP contribution in [0.15, 0.2) is 30.3 Å². The van der Waals surface area contributed by atoms with E-state index in [1.165, 1.54) is 31.1 Å². The Hall–Kier alpha value is -1.68. The Morgan fingerprint density at radius 3 is 2.62 bits per heavy atom. The number of halogens is 1. The standard InChI is InChI=1S/C17H21FN2O/c1-20-14-7-8-15(20)11-13(10-14)19-17(21)9-6-12-4-2-3-5-16(12)18/h2-6,9,13-15H,7-8,10-11H2,1H3,(H,19,21)/b9-6+. The molecule has 1 aromatic carbocycles. The van der Waals surface area contributed by atoms with E-state index < -0.39 is 0 Å². The summed E-state index contributed by atoms with van der Waals surface area (Å²) in [6.45, 7) is 0. The molecule has 112 valence electrons. The van der Waals surface area contributed by atoms with Gasteiger partial charge in [0.25, 0.3) is 0 Å². The number of nitrogens with zero attached hydrogens (tertiary/aromatic N) is 1. The van der Waals surface area contributed by atoms with Crippen LogP contribution < -0.4 is 5.32 Å². The Bertz CT molecular complexity index is 543. The molecule has 0 aromatic heterocycles. The maximum Gasteiger partial charge on any atom is 0.244 e. The minimum atomic E-state index is -0.307. The molecule has 0 aliphatic carbocycles. The molecule has 2 atom stereocenters. The minimum absolute atomic E-state index is 0.132. The van der Waals surface area contributed by atoms with Gasteiger partial charge in [0.15, 0.2) is 0 Å². The van der Waals surface area contributed by atoms with Gasteiger partial charge in [-0.3, -0.25) is 4.79 Å². The molecule has 1 amide bonds. The van der Waals surface area contributed by atoms with Crippen molar-refractivity contribution in [3.63, 3.8) is 0 Å². The molecule has 0 radical (unpaired) electrons. The third kappa shape index (κ3) is 3.16. The molecular weight excluding hydrogens is 267 g/mol. The molecule has 1 N–H and O–H groups in total. The van der Waals surface area contributed by atoms with Crippen LogP contribution in [0.25, 0.3) is 6.08 Å². The highest BCUT2D eigenvalue weighted by Gasteiger charge is 2.38. The molecule has 21 heavy (non-hydrogen) atoms. The lowest BCUT2D eigenvalue weighted by Gasteiger charge is -2.36. The van der Waals surface area contributed by atoms with Crippen molar-refractivity contribution in [2.45, 2.75) is 43.8 Å². The summed E-state index contributed by atoms with van der Waals surface area (Å²) in [5.74, 6) is -0.439. The zero-order valence-electron chi connectivity index (χ0n) is 12.3. The van der Waals surface area contributed by atoms with Crippen molar-refractivity contribution in [2.75, 3.05) is 7.05 Å². The fourth-order valence-corrected chi connectivity index (χ4v) is 3.55. The van der Waals surface area contributed by atoms with Crippen LogP contribution in [0.3, 0.4) is 0 Å². The highest BCUT2D eigenvalue weighted by atomic mass is 19.1. The highest BCUT2D eigenvalue weighted by Crippen LogP contribution is 2.34. The summed E-state index contributed by atoms with van der Waals surface area (Å²) in [6, 6.07) is 7.91. The van der Waals surface area contributed by atoms with E-state index in [-0.39, 0.29) is 17.8 Å². The van der Waals surface area contributed by atoms with Gasteiger partial charge in [0.2, 0.25) is 5.91 Å². The third-order valence-corrected chi connectivity index (χ3v) is 4.76. The summed E-state index contributed by atoms with van der Waals surface area (Å²) in [7, 11) is 2.18. The number of carbonyl (C=O) groups is 1. The average molecular weight is 288 g/mol. The summed E-state index contributed by atoms with van der Waals surface area (Å²) in [4.78, 5) is 14.4. The first kappa shape index (κ1) is 14.3. The lowest BCUT2D eigenvalue weighted by Crippen LogP contribution is -2.48. The maximum absolute atomic E-state index is 13.5. The molecule has 2 saturated heterocycles. The van der Waals surface area contributed by atoms with Crippen molar-refractivity contribution in [1.29, 1.82) is 0 Å². The fraction of sp³-hybridized carbons (Fsp3) is 0.471. The number of hydrogen-bond acceptors (Lipinski definition) is 2. The maximum atomic E-state index is 13.5. The van der Waals surface area contributed by atoms with Crippen molar-refractivity contribution >= 4 is 12.0 Å². The molecule has 3 rings (SSSR count). The molecule has 3 nitrogen and oxygen atoms in total. The number of fused-ring (bicyclic) bond motifs is 2. The van der Waals surface area contributed by atoms with Gasteiger partial charge in [-0.2, -0.15) is 0 Å². The second-order valence-corrected chi connectivity index (χ2v) is 6.08. The molecule has 2 bridgehead atoms. The first-order valence-electron chi connectivity index (χ1n) is 7.58. The summed E-state index contributed by atoms with van der Waals surface area (Å²) >= 11 is 0. The molecule has 4 heteroatoms. The molecule has 0 saturated carbocycles. The molecule has 2 aliphatic rings. The molecule has 1 aromatic rings. The summed E-state index contributed by atoms with van der Waals surface area (Å²) in [5.41, 5.74) is 0.441. The van der Waals surface area contributed by atoms with Gasteiger partial charge in [-0.05, 0) is 44.9 Å². The Kier molecular flexibility index (Phi) is 4.06. The number of piperidine rings is 1. The lowest BCUT2D eigenvalue weighted by atomic mass is 9.98. The minimum Gasteiger partial charge on any atom is -0.350 e. The number of carbonyl (C=O) groups excluding carboxylic acids is 1. The van der Waals surface area contributed by atoms with Crippen molar-refractivity contribution in [3.8, 4) is 0 Å². The van der Waals surface area contributed by atoms with Crippen molar-refractivity contribution in [2.24, 2.45) is 0 Å².